The highest BCUT2D eigenvalue weighted by molar-refractivity contribution is 5.78. The third kappa shape index (κ3) is 3.51. The zero-order chi connectivity index (χ0) is 13.7. The van der Waals surface area contributed by atoms with Crippen molar-refractivity contribution in [3.05, 3.63) is 42.1 Å². The Bertz CT molecular complexity index is 568. The molecule has 0 saturated heterocycles. The van der Waals surface area contributed by atoms with Crippen molar-refractivity contribution in [2.24, 2.45) is 0 Å². The van der Waals surface area contributed by atoms with Crippen LogP contribution in [0.3, 0.4) is 0 Å². The van der Waals surface area contributed by atoms with Crippen LogP contribution in [0.4, 0.5) is 0 Å². The van der Waals surface area contributed by atoms with Crippen LogP contribution in [0.15, 0.2) is 36.4 Å². The summed E-state index contributed by atoms with van der Waals surface area (Å²) in [7, 11) is 0. The van der Waals surface area contributed by atoms with E-state index in [-0.39, 0.29) is 6.42 Å². The maximum atomic E-state index is 11.4. The predicted molar refractivity (Wildman–Crippen MR) is 72.6 cm³/mol. The van der Waals surface area contributed by atoms with Gasteiger partial charge in [0.15, 0.2) is 0 Å². The number of benzene rings is 1. The highest BCUT2D eigenvalue weighted by Crippen LogP contribution is 2.19. The summed E-state index contributed by atoms with van der Waals surface area (Å²) in [5.74, 6) is -0.399. The molecule has 1 aromatic carbocycles. The Morgan fingerprint density at radius 3 is 2.89 bits per heavy atom. The second kappa shape index (κ2) is 6.29. The van der Waals surface area contributed by atoms with Crippen LogP contribution in [-0.2, 0) is 9.53 Å². The van der Waals surface area contributed by atoms with Gasteiger partial charge in [-0.2, -0.15) is 0 Å². The largest absolute Gasteiger partial charge is 0.466 e. The van der Waals surface area contributed by atoms with Crippen LogP contribution in [0.2, 0.25) is 0 Å². The summed E-state index contributed by atoms with van der Waals surface area (Å²) in [6, 6.07) is 11.3. The van der Waals surface area contributed by atoms with Gasteiger partial charge in [-0.25, -0.2) is 0 Å². The number of fused-ring (bicyclic) bond motifs is 1. The Kier molecular flexibility index (Phi) is 4.47. The van der Waals surface area contributed by atoms with Gasteiger partial charge in [0.2, 0.25) is 0 Å². The number of para-hydroxylation sites is 1. The van der Waals surface area contributed by atoms with Crippen molar-refractivity contribution < 1.29 is 14.6 Å². The van der Waals surface area contributed by atoms with Crippen molar-refractivity contribution in [2.45, 2.75) is 25.9 Å². The van der Waals surface area contributed by atoms with Crippen LogP contribution in [0.25, 0.3) is 10.9 Å². The Hall–Kier alpha value is -1.94. The summed E-state index contributed by atoms with van der Waals surface area (Å²) in [6.07, 6.45) is -0.213. The van der Waals surface area contributed by atoms with E-state index in [1.54, 1.807) is 6.07 Å². The molecule has 2 rings (SSSR count). The lowest BCUT2D eigenvalue weighted by molar-refractivity contribution is -0.146. The van der Waals surface area contributed by atoms with Crippen LogP contribution >= 0.6 is 0 Å². The van der Waals surface area contributed by atoms with Gasteiger partial charge in [0, 0.05) is 5.39 Å². The molecule has 1 atom stereocenters. The van der Waals surface area contributed by atoms with Crippen LogP contribution in [0.5, 0.6) is 0 Å². The molecule has 0 radical (unpaired) electrons. The number of pyridine rings is 1. The number of aliphatic hydroxyl groups excluding tert-OH is 1. The number of rotatable bonds is 5. The highest BCUT2D eigenvalue weighted by Gasteiger charge is 2.15. The molecule has 1 aromatic heterocycles. The van der Waals surface area contributed by atoms with Gasteiger partial charge in [0.05, 0.1) is 24.2 Å². The summed E-state index contributed by atoms with van der Waals surface area (Å²) in [5, 5.41) is 11.0. The first-order chi connectivity index (χ1) is 9.20. The molecule has 0 saturated carbocycles. The summed E-state index contributed by atoms with van der Waals surface area (Å²) < 4.78 is 4.94. The Labute approximate surface area is 112 Å². The molecule has 100 valence electrons. The molecule has 1 N–H and O–H groups in total. The van der Waals surface area contributed by atoms with Crippen molar-refractivity contribution in [3.63, 3.8) is 0 Å². The van der Waals surface area contributed by atoms with Gasteiger partial charge in [0.25, 0.3) is 0 Å². The zero-order valence-electron chi connectivity index (χ0n) is 10.9. The van der Waals surface area contributed by atoms with Crippen LogP contribution < -0.4 is 0 Å². The maximum absolute atomic E-state index is 11.4. The first kappa shape index (κ1) is 13.5. The van der Waals surface area contributed by atoms with E-state index in [4.69, 9.17) is 4.74 Å². The second-order valence-electron chi connectivity index (χ2n) is 4.37. The van der Waals surface area contributed by atoms with Gasteiger partial charge >= 0.3 is 5.97 Å². The SMILES string of the molecule is CCCOC(=O)CC(O)c1ccc2ccccc2n1. The molecule has 0 fully saturated rings. The molecule has 2 aromatic rings. The molecule has 0 aliphatic carbocycles. The Balaban J connectivity index is 2.08. The molecular weight excluding hydrogens is 242 g/mol. The van der Waals surface area contributed by atoms with Crippen molar-refractivity contribution in [1.29, 1.82) is 0 Å². The first-order valence-corrected chi connectivity index (χ1v) is 6.40. The Morgan fingerprint density at radius 2 is 2.11 bits per heavy atom. The summed E-state index contributed by atoms with van der Waals surface area (Å²) in [5.41, 5.74) is 1.30. The molecular formula is C15H17NO3. The van der Waals surface area contributed by atoms with Crippen LogP contribution in [0.1, 0.15) is 31.6 Å². The van der Waals surface area contributed by atoms with Crippen molar-refractivity contribution in [2.75, 3.05) is 6.61 Å². The molecule has 0 amide bonds. The van der Waals surface area contributed by atoms with Gasteiger partial charge in [-0.15, -0.1) is 0 Å². The van der Waals surface area contributed by atoms with E-state index in [0.717, 1.165) is 17.3 Å². The van der Waals surface area contributed by atoms with Gasteiger partial charge in [-0.05, 0) is 18.6 Å². The van der Waals surface area contributed by atoms with E-state index < -0.39 is 12.1 Å². The lowest BCUT2D eigenvalue weighted by Gasteiger charge is -2.10. The van der Waals surface area contributed by atoms with Crippen molar-refractivity contribution >= 4 is 16.9 Å². The number of aromatic nitrogens is 1. The molecule has 0 bridgehead atoms. The number of carbonyl (C=O) groups excluding carboxylic acids is 1. The summed E-state index contributed by atoms with van der Waals surface area (Å²) >= 11 is 0. The van der Waals surface area contributed by atoms with E-state index in [1.165, 1.54) is 0 Å². The molecule has 4 heteroatoms. The number of ether oxygens (including phenoxy) is 1. The highest BCUT2D eigenvalue weighted by atomic mass is 16.5. The number of carbonyl (C=O) groups is 1. The topological polar surface area (TPSA) is 59.4 Å². The third-order valence-electron chi connectivity index (χ3n) is 2.79. The number of esters is 1. The smallest absolute Gasteiger partial charge is 0.308 e. The first-order valence-electron chi connectivity index (χ1n) is 6.40. The van der Waals surface area contributed by atoms with Gasteiger partial charge in [-0.3, -0.25) is 9.78 Å². The maximum Gasteiger partial charge on any atom is 0.308 e. The van der Waals surface area contributed by atoms with Crippen molar-refractivity contribution in [1.82, 2.24) is 4.98 Å². The van der Waals surface area contributed by atoms with Gasteiger partial charge in [-0.1, -0.05) is 31.2 Å². The quantitative estimate of drug-likeness (QED) is 0.838. The fourth-order valence-corrected chi connectivity index (χ4v) is 1.80. The van der Waals surface area contributed by atoms with Crippen LogP contribution in [-0.4, -0.2) is 22.7 Å². The number of hydrogen-bond acceptors (Lipinski definition) is 4. The van der Waals surface area contributed by atoms with Crippen LogP contribution in [0, 0.1) is 0 Å². The zero-order valence-corrected chi connectivity index (χ0v) is 10.9. The van der Waals surface area contributed by atoms with E-state index in [9.17, 15) is 9.90 Å². The predicted octanol–water partition coefficient (Wildman–Crippen LogP) is 2.61. The summed E-state index contributed by atoms with van der Waals surface area (Å²) in [4.78, 5) is 15.8. The minimum Gasteiger partial charge on any atom is -0.466 e. The molecule has 1 heterocycles. The molecule has 1 unspecified atom stereocenters. The standard InChI is InChI=1S/C15H17NO3/c1-2-9-19-15(18)10-14(17)13-8-7-11-5-3-4-6-12(11)16-13/h3-8,14,17H,2,9-10H2,1H3. The van der Waals surface area contributed by atoms with Gasteiger partial charge in [0.1, 0.15) is 6.10 Å². The average Bonchev–Trinajstić information content (AvgIpc) is 2.44. The molecule has 0 aliphatic rings. The van der Waals surface area contributed by atoms with E-state index >= 15 is 0 Å². The number of nitrogens with zero attached hydrogens (tertiary/aromatic N) is 1. The van der Waals surface area contributed by atoms with Crippen molar-refractivity contribution in [3.8, 4) is 0 Å². The lowest BCUT2D eigenvalue weighted by atomic mass is 10.1. The molecule has 0 spiro atoms. The molecule has 0 aliphatic heterocycles. The lowest BCUT2D eigenvalue weighted by Crippen LogP contribution is -2.11. The van der Waals surface area contributed by atoms with E-state index in [0.29, 0.717) is 12.3 Å². The molecule has 4 nitrogen and oxygen atoms in total. The second-order valence-corrected chi connectivity index (χ2v) is 4.37. The Morgan fingerprint density at radius 1 is 1.32 bits per heavy atom. The third-order valence-corrected chi connectivity index (χ3v) is 2.79. The number of hydrogen-bond donors (Lipinski definition) is 1. The number of aliphatic hydroxyl groups is 1. The summed E-state index contributed by atoms with van der Waals surface area (Å²) in [6.45, 7) is 2.31. The normalized spacial score (nSPS) is 12.3. The van der Waals surface area contributed by atoms with E-state index in [2.05, 4.69) is 4.98 Å². The fourth-order valence-electron chi connectivity index (χ4n) is 1.80. The average molecular weight is 259 g/mol. The van der Waals surface area contributed by atoms with Gasteiger partial charge < -0.3 is 9.84 Å². The minimum atomic E-state index is -0.922. The fraction of sp³-hybridized carbons (Fsp3) is 0.333. The minimum absolute atomic E-state index is 0.0641. The monoisotopic (exact) mass is 259 g/mol. The van der Waals surface area contributed by atoms with E-state index in [1.807, 2.05) is 37.3 Å². The molecule has 19 heavy (non-hydrogen) atoms.